The number of amides is 1. The highest BCUT2D eigenvalue weighted by molar-refractivity contribution is 7.07. The lowest BCUT2D eigenvalue weighted by atomic mass is 10.2. The minimum Gasteiger partial charge on any atom is -0.348 e. The maximum atomic E-state index is 13.0. The molecule has 0 bridgehead atoms. The molecule has 30 heavy (non-hydrogen) atoms. The van der Waals surface area contributed by atoms with Gasteiger partial charge in [-0.2, -0.15) is 16.4 Å². The van der Waals surface area contributed by atoms with E-state index in [1.165, 1.54) is 5.56 Å². The number of nitrogens with zero attached hydrogens (tertiary/aromatic N) is 4. The molecule has 1 aromatic carbocycles. The van der Waals surface area contributed by atoms with Gasteiger partial charge < -0.3 is 5.32 Å². The Balaban J connectivity index is 1.45. The van der Waals surface area contributed by atoms with Crippen LogP contribution in [0, 0.1) is 0 Å². The van der Waals surface area contributed by atoms with Gasteiger partial charge in [0, 0.05) is 37.9 Å². The Morgan fingerprint density at radius 1 is 1.07 bits per heavy atom. The second-order valence-corrected chi connectivity index (χ2v) is 8.13. The Morgan fingerprint density at radius 2 is 1.97 bits per heavy atom. The maximum absolute atomic E-state index is 13.0. The molecule has 5 rings (SSSR count). The highest BCUT2D eigenvalue weighted by Gasteiger charge is 2.26. The Bertz CT molecular complexity index is 1150. The van der Waals surface area contributed by atoms with E-state index < -0.39 is 0 Å². The van der Waals surface area contributed by atoms with Crippen LogP contribution in [0.2, 0.25) is 0 Å². The summed E-state index contributed by atoms with van der Waals surface area (Å²) in [6, 6.07) is 16.1. The molecule has 3 aromatic heterocycles. The first kappa shape index (κ1) is 18.7. The normalized spacial score (nSPS) is 13.3. The standard InChI is InChI=1S/C23H21N5OS/c29-23(25-11-17-5-2-1-3-6-17)20-12-26-28-21(20)15-27(13-18-8-10-30-16-18)14-19-7-4-9-24-22(19)28/h1-10,12,16H,11,13-15H2,(H,25,29). The van der Waals surface area contributed by atoms with E-state index >= 15 is 0 Å². The molecule has 0 saturated carbocycles. The lowest BCUT2D eigenvalue weighted by Gasteiger charge is -2.20. The fourth-order valence-corrected chi connectivity index (χ4v) is 4.44. The van der Waals surface area contributed by atoms with Gasteiger partial charge in [0.25, 0.3) is 5.91 Å². The summed E-state index contributed by atoms with van der Waals surface area (Å²) in [4.78, 5) is 19.9. The maximum Gasteiger partial charge on any atom is 0.255 e. The lowest BCUT2D eigenvalue weighted by molar-refractivity contribution is 0.0948. The molecular weight excluding hydrogens is 394 g/mol. The lowest BCUT2D eigenvalue weighted by Crippen LogP contribution is -2.26. The van der Waals surface area contributed by atoms with Crippen molar-refractivity contribution < 1.29 is 4.79 Å². The first-order valence-electron chi connectivity index (χ1n) is 9.84. The Labute approximate surface area is 178 Å². The summed E-state index contributed by atoms with van der Waals surface area (Å²) < 4.78 is 1.82. The summed E-state index contributed by atoms with van der Waals surface area (Å²) in [5.41, 5.74) is 4.91. The predicted octanol–water partition coefficient (Wildman–Crippen LogP) is 3.77. The van der Waals surface area contributed by atoms with Gasteiger partial charge in [0.1, 0.15) is 0 Å². The van der Waals surface area contributed by atoms with Crippen LogP contribution in [0.1, 0.15) is 32.7 Å². The van der Waals surface area contributed by atoms with Crippen molar-refractivity contribution in [1.82, 2.24) is 25.0 Å². The van der Waals surface area contributed by atoms with Crippen molar-refractivity contribution in [2.45, 2.75) is 26.2 Å². The summed E-state index contributed by atoms with van der Waals surface area (Å²) in [5.74, 6) is 0.678. The largest absolute Gasteiger partial charge is 0.348 e. The van der Waals surface area contributed by atoms with Crippen LogP contribution in [0.3, 0.4) is 0 Å². The third-order valence-electron chi connectivity index (χ3n) is 5.23. The molecule has 6 nitrogen and oxygen atoms in total. The molecule has 150 valence electrons. The first-order chi connectivity index (χ1) is 14.8. The number of benzene rings is 1. The van der Waals surface area contributed by atoms with Gasteiger partial charge in [-0.05, 0) is 34.0 Å². The molecule has 4 aromatic rings. The van der Waals surface area contributed by atoms with Crippen molar-refractivity contribution in [2.24, 2.45) is 0 Å². The zero-order valence-electron chi connectivity index (χ0n) is 16.4. The topological polar surface area (TPSA) is 63.1 Å². The third-order valence-corrected chi connectivity index (χ3v) is 5.96. The van der Waals surface area contributed by atoms with E-state index in [0.717, 1.165) is 35.7 Å². The number of fused-ring (bicyclic) bond motifs is 3. The molecule has 1 aliphatic heterocycles. The van der Waals surface area contributed by atoms with Crippen molar-refractivity contribution in [3.63, 3.8) is 0 Å². The van der Waals surface area contributed by atoms with E-state index in [0.29, 0.717) is 18.7 Å². The second kappa shape index (κ2) is 8.22. The van der Waals surface area contributed by atoms with E-state index in [1.807, 2.05) is 41.1 Å². The van der Waals surface area contributed by atoms with Crippen molar-refractivity contribution in [3.05, 3.63) is 99.6 Å². The number of carbonyl (C=O) groups is 1. The highest BCUT2D eigenvalue weighted by Crippen LogP contribution is 2.26. The number of aromatic nitrogens is 3. The average Bonchev–Trinajstić information content (AvgIpc) is 3.40. The smallest absolute Gasteiger partial charge is 0.255 e. The summed E-state index contributed by atoms with van der Waals surface area (Å²) in [5, 5.41) is 11.8. The molecule has 0 radical (unpaired) electrons. The van der Waals surface area contributed by atoms with Crippen LogP contribution >= 0.6 is 11.3 Å². The van der Waals surface area contributed by atoms with E-state index in [1.54, 1.807) is 23.7 Å². The monoisotopic (exact) mass is 415 g/mol. The third kappa shape index (κ3) is 3.77. The Morgan fingerprint density at radius 3 is 2.80 bits per heavy atom. The number of thiophene rings is 1. The van der Waals surface area contributed by atoms with E-state index in [2.05, 4.69) is 43.2 Å². The number of hydrogen-bond donors (Lipinski definition) is 1. The van der Waals surface area contributed by atoms with Crippen LogP contribution in [0.5, 0.6) is 0 Å². The molecule has 0 unspecified atom stereocenters. The van der Waals surface area contributed by atoms with Gasteiger partial charge in [0.2, 0.25) is 0 Å². The number of rotatable bonds is 5. The molecule has 1 N–H and O–H groups in total. The molecule has 0 saturated heterocycles. The van der Waals surface area contributed by atoms with Crippen LogP contribution in [0.25, 0.3) is 5.82 Å². The molecule has 1 aliphatic rings. The van der Waals surface area contributed by atoms with Gasteiger partial charge in [-0.1, -0.05) is 36.4 Å². The quantitative estimate of drug-likeness (QED) is 0.539. The molecule has 0 atom stereocenters. The van der Waals surface area contributed by atoms with E-state index in [9.17, 15) is 4.79 Å². The Hall–Kier alpha value is -3.29. The van der Waals surface area contributed by atoms with Crippen molar-refractivity contribution in [1.29, 1.82) is 0 Å². The number of carbonyl (C=O) groups excluding carboxylic acids is 1. The highest BCUT2D eigenvalue weighted by atomic mass is 32.1. The summed E-state index contributed by atoms with van der Waals surface area (Å²) in [6.07, 6.45) is 3.43. The van der Waals surface area contributed by atoms with Crippen molar-refractivity contribution in [2.75, 3.05) is 0 Å². The zero-order valence-corrected chi connectivity index (χ0v) is 17.2. The molecule has 0 aliphatic carbocycles. The minimum absolute atomic E-state index is 0.116. The van der Waals surface area contributed by atoms with E-state index in [-0.39, 0.29) is 5.91 Å². The molecule has 0 spiro atoms. The average molecular weight is 416 g/mol. The molecule has 0 fully saturated rings. The minimum atomic E-state index is -0.116. The van der Waals surface area contributed by atoms with Gasteiger partial charge >= 0.3 is 0 Å². The van der Waals surface area contributed by atoms with Crippen molar-refractivity contribution >= 4 is 17.2 Å². The molecular formula is C23H21N5OS. The van der Waals surface area contributed by atoms with E-state index in [4.69, 9.17) is 0 Å². The molecule has 7 heteroatoms. The number of pyridine rings is 1. The second-order valence-electron chi connectivity index (χ2n) is 7.35. The van der Waals surface area contributed by atoms with Crippen LogP contribution < -0.4 is 5.32 Å². The summed E-state index contributed by atoms with van der Waals surface area (Å²) >= 11 is 1.70. The van der Waals surface area contributed by atoms with Gasteiger partial charge in [0.15, 0.2) is 5.82 Å². The van der Waals surface area contributed by atoms with Crippen LogP contribution in [0.4, 0.5) is 0 Å². The van der Waals surface area contributed by atoms with Crippen LogP contribution in [-0.2, 0) is 26.2 Å². The van der Waals surface area contributed by atoms with Crippen LogP contribution in [-0.4, -0.2) is 25.6 Å². The van der Waals surface area contributed by atoms with Gasteiger partial charge in [0.05, 0.1) is 17.5 Å². The Kier molecular flexibility index (Phi) is 5.13. The summed E-state index contributed by atoms with van der Waals surface area (Å²) in [6.45, 7) is 2.68. The SMILES string of the molecule is O=C(NCc1ccccc1)c1cnn2c1CN(Cc1ccsc1)Cc1cccnc1-2. The zero-order chi connectivity index (χ0) is 20.3. The number of nitrogens with one attached hydrogen (secondary N) is 1. The van der Waals surface area contributed by atoms with Gasteiger partial charge in [-0.25, -0.2) is 9.67 Å². The van der Waals surface area contributed by atoms with Crippen LogP contribution in [0.15, 0.2) is 71.7 Å². The first-order valence-corrected chi connectivity index (χ1v) is 10.8. The predicted molar refractivity (Wildman–Crippen MR) is 116 cm³/mol. The molecule has 4 heterocycles. The number of hydrogen-bond acceptors (Lipinski definition) is 5. The van der Waals surface area contributed by atoms with Crippen molar-refractivity contribution in [3.8, 4) is 5.82 Å². The van der Waals surface area contributed by atoms with Gasteiger partial charge in [-0.3, -0.25) is 9.69 Å². The fourth-order valence-electron chi connectivity index (χ4n) is 3.78. The fraction of sp³-hybridized carbons (Fsp3) is 0.174. The molecule has 1 amide bonds. The summed E-state index contributed by atoms with van der Waals surface area (Å²) in [7, 11) is 0. The van der Waals surface area contributed by atoms with Gasteiger partial charge in [-0.15, -0.1) is 0 Å².